The van der Waals surface area contributed by atoms with Crippen LogP contribution in [0.3, 0.4) is 0 Å². The van der Waals surface area contributed by atoms with E-state index < -0.39 is 11.0 Å². The molecule has 0 radical (unpaired) electrons. The summed E-state index contributed by atoms with van der Waals surface area (Å²) in [5.41, 5.74) is 7.44. The lowest BCUT2D eigenvalue weighted by molar-refractivity contribution is -0.385. The Kier molecular flexibility index (Phi) is 4.65. The molecule has 114 valence electrons. The molecule has 0 saturated heterocycles. The van der Waals surface area contributed by atoms with Gasteiger partial charge in [0.05, 0.1) is 11.1 Å². The maximum Gasteiger partial charge on any atom is 0.332 e. The highest BCUT2D eigenvalue weighted by Crippen LogP contribution is 2.17. The van der Waals surface area contributed by atoms with E-state index in [1.54, 1.807) is 24.3 Å². The molecule has 0 fully saturated rings. The van der Waals surface area contributed by atoms with Gasteiger partial charge < -0.3 is 10.5 Å². The molecule has 3 N–H and O–H groups in total. The molecule has 0 saturated carbocycles. The van der Waals surface area contributed by atoms with Gasteiger partial charge in [0.15, 0.2) is 6.73 Å². The van der Waals surface area contributed by atoms with E-state index >= 15 is 0 Å². The van der Waals surface area contributed by atoms with E-state index in [0.29, 0.717) is 11.3 Å². The van der Waals surface area contributed by atoms with Crippen molar-refractivity contribution in [2.75, 3.05) is 0 Å². The van der Waals surface area contributed by atoms with Crippen molar-refractivity contribution in [2.45, 2.75) is 6.73 Å². The van der Waals surface area contributed by atoms with E-state index in [1.165, 1.54) is 17.1 Å². The summed E-state index contributed by atoms with van der Waals surface area (Å²) < 4.78 is 6.80. The number of carbonyl (C=O) groups is 1. The zero-order valence-electron chi connectivity index (χ0n) is 11.2. The SMILES string of the molecule is NC(=O)NN=Cc1ccccc1OCn1cc([N+](=O)[O-])cn1. The first kappa shape index (κ1) is 15.0. The van der Waals surface area contributed by atoms with Gasteiger partial charge in [0.25, 0.3) is 0 Å². The van der Waals surface area contributed by atoms with E-state index in [4.69, 9.17) is 10.5 Å². The summed E-state index contributed by atoms with van der Waals surface area (Å²) >= 11 is 0. The highest BCUT2D eigenvalue weighted by Gasteiger charge is 2.09. The molecular weight excluding hydrogens is 292 g/mol. The number of ether oxygens (including phenoxy) is 1. The summed E-state index contributed by atoms with van der Waals surface area (Å²) in [7, 11) is 0. The van der Waals surface area contributed by atoms with Crippen LogP contribution in [-0.2, 0) is 6.73 Å². The third-order valence-corrected chi connectivity index (χ3v) is 2.48. The number of nitro groups is 1. The van der Waals surface area contributed by atoms with E-state index in [-0.39, 0.29) is 12.4 Å². The van der Waals surface area contributed by atoms with Crippen LogP contribution in [0.25, 0.3) is 0 Å². The van der Waals surface area contributed by atoms with Gasteiger partial charge in [-0.15, -0.1) is 0 Å². The van der Waals surface area contributed by atoms with Crippen molar-refractivity contribution in [2.24, 2.45) is 10.8 Å². The molecule has 0 spiro atoms. The first-order chi connectivity index (χ1) is 10.6. The summed E-state index contributed by atoms with van der Waals surface area (Å²) in [6.07, 6.45) is 3.75. The number of amides is 2. The normalized spacial score (nSPS) is 10.5. The monoisotopic (exact) mass is 304 g/mol. The van der Waals surface area contributed by atoms with Crippen molar-refractivity contribution in [1.29, 1.82) is 0 Å². The van der Waals surface area contributed by atoms with Gasteiger partial charge in [-0.25, -0.2) is 14.9 Å². The van der Waals surface area contributed by atoms with Crippen molar-refractivity contribution in [3.8, 4) is 5.75 Å². The summed E-state index contributed by atoms with van der Waals surface area (Å²) in [6.45, 7) is -0.0120. The Bertz CT molecular complexity index is 711. The van der Waals surface area contributed by atoms with E-state index in [1.807, 2.05) is 0 Å². The maximum absolute atomic E-state index is 10.6. The standard InChI is InChI=1S/C12H12N6O4/c13-12(19)16-14-5-9-3-1-2-4-11(9)22-8-17-7-10(6-15-17)18(20)21/h1-7H,8H2,(H3,13,16,19). The molecule has 0 bridgehead atoms. The Morgan fingerprint density at radius 3 is 3.00 bits per heavy atom. The van der Waals surface area contributed by atoms with Crippen LogP contribution in [0.15, 0.2) is 41.8 Å². The van der Waals surface area contributed by atoms with Crippen LogP contribution in [0.1, 0.15) is 5.56 Å². The minimum atomic E-state index is -0.779. The molecule has 10 heteroatoms. The molecular formula is C12H12N6O4. The van der Waals surface area contributed by atoms with Gasteiger partial charge >= 0.3 is 11.7 Å². The van der Waals surface area contributed by atoms with Gasteiger partial charge in [0.2, 0.25) is 0 Å². The van der Waals surface area contributed by atoms with E-state index in [9.17, 15) is 14.9 Å². The van der Waals surface area contributed by atoms with Gasteiger partial charge in [-0.05, 0) is 12.1 Å². The topological polar surface area (TPSA) is 138 Å². The number of nitrogens with zero attached hydrogens (tertiary/aromatic N) is 4. The average Bonchev–Trinajstić information content (AvgIpc) is 2.95. The summed E-state index contributed by atoms with van der Waals surface area (Å²) in [4.78, 5) is 20.6. The van der Waals surface area contributed by atoms with Gasteiger partial charge in [-0.3, -0.25) is 10.1 Å². The Labute approximate surface area is 124 Å². The quantitative estimate of drug-likeness (QED) is 0.462. The minimum Gasteiger partial charge on any atom is -0.471 e. The fourth-order valence-electron chi connectivity index (χ4n) is 1.54. The van der Waals surface area contributed by atoms with Crippen molar-refractivity contribution >= 4 is 17.9 Å². The van der Waals surface area contributed by atoms with Crippen LogP contribution in [0, 0.1) is 10.1 Å². The van der Waals surface area contributed by atoms with E-state index in [2.05, 4.69) is 15.6 Å². The van der Waals surface area contributed by atoms with Crippen LogP contribution < -0.4 is 15.9 Å². The number of nitrogens with two attached hydrogens (primary N) is 1. The van der Waals surface area contributed by atoms with Crippen molar-refractivity contribution < 1.29 is 14.5 Å². The molecule has 0 aliphatic rings. The number of aromatic nitrogens is 2. The Morgan fingerprint density at radius 2 is 2.32 bits per heavy atom. The fourth-order valence-corrected chi connectivity index (χ4v) is 1.54. The first-order valence-electron chi connectivity index (χ1n) is 6.03. The summed E-state index contributed by atoms with van der Waals surface area (Å²) in [5.74, 6) is 0.468. The predicted molar refractivity (Wildman–Crippen MR) is 76.3 cm³/mol. The van der Waals surface area contributed by atoms with Crippen LogP contribution in [0.4, 0.5) is 10.5 Å². The van der Waals surface area contributed by atoms with Crippen LogP contribution in [0.5, 0.6) is 5.75 Å². The minimum absolute atomic E-state index is 0.0120. The van der Waals surface area contributed by atoms with Gasteiger partial charge in [0.1, 0.15) is 18.1 Å². The molecule has 0 unspecified atom stereocenters. The summed E-state index contributed by atoms with van der Waals surface area (Å²) in [6, 6.07) is 6.13. The maximum atomic E-state index is 10.6. The zero-order chi connectivity index (χ0) is 15.9. The number of primary amides is 1. The van der Waals surface area contributed by atoms with Crippen molar-refractivity contribution in [1.82, 2.24) is 15.2 Å². The molecule has 1 aromatic heterocycles. The molecule has 0 atom stereocenters. The summed E-state index contributed by atoms with van der Waals surface area (Å²) in [5, 5.41) is 18.0. The zero-order valence-corrected chi connectivity index (χ0v) is 11.2. The molecule has 1 aromatic carbocycles. The van der Waals surface area contributed by atoms with Gasteiger partial charge in [-0.2, -0.15) is 10.2 Å². The van der Waals surface area contributed by atoms with Gasteiger partial charge in [0, 0.05) is 5.56 Å². The molecule has 2 rings (SSSR count). The third kappa shape index (κ3) is 4.03. The number of hydrazone groups is 1. The number of benzene rings is 1. The van der Waals surface area contributed by atoms with Crippen molar-refractivity contribution in [3.05, 3.63) is 52.3 Å². The number of hydrogen-bond acceptors (Lipinski definition) is 6. The molecule has 1 heterocycles. The first-order valence-corrected chi connectivity index (χ1v) is 6.03. The Morgan fingerprint density at radius 1 is 1.55 bits per heavy atom. The smallest absolute Gasteiger partial charge is 0.332 e. The second-order valence-corrected chi connectivity index (χ2v) is 4.04. The van der Waals surface area contributed by atoms with Crippen molar-refractivity contribution in [3.63, 3.8) is 0 Å². The van der Waals surface area contributed by atoms with Crippen LogP contribution >= 0.6 is 0 Å². The number of carbonyl (C=O) groups excluding carboxylic acids is 1. The average molecular weight is 304 g/mol. The van der Waals surface area contributed by atoms with Gasteiger partial charge in [-0.1, -0.05) is 12.1 Å². The molecule has 0 aliphatic carbocycles. The lowest BCUT2D eigenvalue weighted by Crippen LogP contribution is -2.24. The van der Waals surface area contributed by atoms with Crippen LogP contribution in [0.2, 0.25) is 0 Å². The predicted octanol–water partition coefficient (Wildman–Crippen LogP) is 0.830. The lowest BCUT2D eigenvalue weighted by atomic mass is 10.2. The lowest BCUT2D eigenvalue weighted by Gasteiger charge is -2.08. The number of para-hydroxylation sites is 1. The number of urea groups is 1. The second kappa shape index (κ2) is 6.83. The number of hydrogen-bond donors (Lipinski definition) is 2. The number of nitrogens with one attached hydrogen (secondary N) is 1. The molecule has 10 nitrogen and oxygen atoms in total. The molecule has 2 aromatic rings. The Hall–Kier alpha value is -3.43. The number of rotatable bonds is 6. The largest absolute Gasteiger partial charge is 0.471 e. The Balaban J connectivity index is 2.04. The second-order valence-electron chi connectivity index (χ2n) is 4.04. The molecule has 0 aliphatic heterocycles. The van der Waals surface area contributed by atoms with E-state index in [0.717, 1.165) is 6.20 Å². The molecule has 2 amide bonds. The highest BCUT2D eigenvalue weighted by atomic mass is 16.6. The highest BCUT2D eigenvalue weighted by molar-refractivity contribution is 5.84. The fraction of sp³-hybridized carbons (Fsp3) is 0.0833. The molecule has 22 heavy (non-hydrogen) atoms. The third-order valence-electron chi connectivity index (χ3n) is 2.48. The van der Waals surface area contributed by atoms with Crippen LogP contribution in [-0.4, -0.2) is 26.9 Å².